The monoisotopic (exact) mass is 347 g/mol. The smallest absolute Gasteiger partial charge is 0.243 e. The van der Waals surface area contributed by atoms with Crippen molar-refractivity contribution in [3.8, 4) is 0 Å². The summed E-state index contributed by atoms with van der Waals surface area (Å²) in [5.74, 6) is -0.0958. The molecule has 1 saturated heterocycles. The minimum absolute atomic E-state index is 0. The Morgan fingerprint density at radius 1 is 1.36 bits per heavy atom. The van der Waals surface area contributed by atoms with Crippen LogP contribution in [0.2, 0.25) is 0 Å². The molecular weight excluding hydrogens is 326 g/mol. The van der Waals surface area contributed by atoms with Gasteiger partial charge in [-0.2, -0.15) is 4.31 Å². The van der Waals surface area contributed by atoms with Crippen LogP contribution >= 0.6 is 12.4 Å². The molecule has 0 saturated carbocycles. The zero-order chi connectivity index (χ0) is 15.5. The number of carbonyl (C=O) groups is 1. The third-order valence-electron chi connectivity index (χ3n) is 3.43. The Bertz CT molecular complexity index is 604. The van der Waals surface area contributed by atoms with E-state index in [0.717, 1.165) is 0 Å². The molecule has 124 valence electrons. The van der Waals surface area contributed by atoms with E-state index in [-0.39, 0.29) is 29.3 Å². The van der Waals surface area contributed by atoms with E-state index in [2.05, 4.69) is 10.6 Å². The minimum atomic E-state index is -3.47. The van der Waals surface area contributed by atoms with Crippen LogP contribution in [0, 0.1) is 0 Å². The van der Waals surface area contributed by atoms with Crippen LogP contribution in [0.25, 0.3) is 0 Å². The summed E-state index contributed by atoms with van der Waals surface area (Å²) in [6.45, 7) is 5.33. The number of rotatable bonds is 4. The van der Waals surface area contributed by atoms with E-state index < -0.39 is 10.0 Å². The first kappa shape index (κ1) is 18.9. The van der Waals surface area contributed by atoms with E-state index in [1.807, 2.05) is 6.92 Å². The average Bonchev–Trinajstić information content (AvgIpc) is 2.47. The van der Waals surface area contributed by atoms with Gasteiger partial charge >= 0.3 is 0 Å². The molecule has 1 aromatic rings. The first-order valence-electron chi connectivity index (χ1n) is 7.07. The maximum Gasteiger partial charge on any atom is 0.243 e. The van der Waals surface area contributed by atoms with Crippen molar-refractivity contribution >= 4 is 34.0 Å². The molecule has 1 aliphatic heterocycles. The van der Waals surface area contributed by atoms with Crippen LogP contribution in [0.15, 0.2) is 29.2 Å². The summed E-state index contributed by atoms with van der Waals surface area (Å²) >= 11 is 0. The van der Waals surface area contributed by atoms with E-state index in [9.17, 15) is 13.2 Å². The lowest BCUT2D eigenvalue weighted by atomic mass is 10.3. The second kappa shape index (κ2) is 7.92. The summed E-state index contributed by atoms with van der Waals surface area (Å²) in [5, 5.41) is 5.92. The molecule has 1 fully saturated rings. The van der Waals surface area contributed by atoms with Crippen LogP contribution in [0.4, 0.5) is 5.69 Å². The van der Waals surface area contributed by atoms with Gasteiger partial charge in [0.05, 0.1) is 4.90 Å². The van der Waals surface area contributed by atoms with Gasteiger partial charge in [-0.15, -0.1) is 12.4 Å². The molecule has 1 atom stereocenters. The Morgan fingerprint density at radius 3 is 2.55 bits per heavy atom. The molecule has 1 aromatic carbocycles. The van der Waals surface area contributed by atoms with Gasteiger partial charge in [-0.1, -0.05) is 6.92 Å². The molecule has 1 aliphatic rings. The number of carbonyl (C=O) groups excluding carboxylic acids is 1. The number of nitrogens with one attached hydrogen (secondary N) is 2. The van der Waals surface area contributed by atoms with Crippen LogP contribution in [0.3, 0.4) is 0 Å². The lowest BCUT2D eigenvalue weighted by molar-refractivity contribution is -0.115. The topological polar surface area (TPSA) is 78.5 Å². The standard InChI is InChI=1S/C14H21N3O3S.ClH/c1-3-14(18)16-12-4-6-13(7-5-12)21(19,20)17-9-8-15-11(2)10-17;/h4-7,11,15H,3,8-10H2,1-2H3,(H,16,18);1H. The van der Waals surface area contributed by atoms with Gasteiger partial charge in [0.25, 0.3) is 0 Å². The van der Waals surface area contributed by atoms with Crippen molar-refractivity contribution in [3.05, 3.63) is 24.3 Å². The SMILES string of the molecule is CCC(=O)Nc1ccc(S(=O)(=O)N2CCNC(C)C2)cc1.Cl. The predicted octanol–water partition coefficient (Wildman–Crippen LogP) is 1.44. The van der Waals surface area contributed by atoms with Crippen molar-refractivity contribution < 1.29 is 13.2 Å². The Labute approximate surface area is 137 Å². The average molecular weight is 348 g/mol. The van der Waals surface area contributed by atoms with Crippen molar-refractivity contribution in [2.75, 3.05) is 25.0 Å². The van der Waals surface area contributed by atoms with E-state index in [4.69, 9.17) is 0 Å². The number of hydrogen-bond acceptors (Lipinski definition) is 4. The normalized spacial score (nSPS) is 19.3. The van der Waals surface area contributed by atoms with Crippen molar-refractivity contribution in [1.29, 1.82) is 0 Å². The summed E-state index contributed by atoms with van der Waals surface area (Å²) in [6.07, 6.45) is 0.388. The van der Waals surface area contributed by atoms with E-state index in [0.29, 0.717) is 31.7 Å². The first-order valence-corrected chi connectivity index (χ1v) is 8.51. The summed E-state index contributed by atoms with van der Waals surface area (Å²) < 4.78 is 26.6. The number of hydrogen-bond donors (Lipinski definition) is 2. The highest BCUT2D eigenvalue weighted by Crippen LogP contribution is 2.19. The molecule has 22 heavy (non-hydrogen) atoms. The number of halogens is 1. The second-order valence-corrected chi connectivity index (χ2v) is 7.08. The number of piperazine rings is 1. The third-order valence-corrected chi connectivity index (χ3v) is 5.31. The van der Waals surface area contributed by atoms with Crippen molar-refractivity contribution in [3.63, 3.8) is 0 Å². The highest BCUT2D eigenvalue weighted by molar-refractivity contribution is 7.89. The zero-order valence-corrected chi connectivity index (χ0v) is 14.3. The number of benzene rings is 1. The molecule has 1 heterocycles. The van der Waals surface area contributed by atoms with Gasteiger partial charge in [-0.05, 0) is 31.2 Å². The molecular formula is C14H22ClN3O3S. The molecule has 0 aromatic heterocycles. The van der Waals surface area contributed by atoms with Crippen LogP contribution in [-0.4, -0.2) is 44.3 Å². The first-order chi connectivity index (χ1) is 9.93. The van der Waals surface area contributed by atoms with Crippen LogP contribution in [-0.2, 0) is 14.8 Å². The zero-order valence-electron chi connectivity index (χ0n) is 12.7. The second-order valence-electron chi connectivity index (χ2n) is 5.14. The molecule has 0 aliphatic carbocycles. The van der Waals surface area contributed by atoms with Crippen LogP contribution in [0.1, 0.15) is 20.3 Å². The van der Waals surface area contributed by atoms with Gasteiger partial charge in [-0.3, -0.25) is 4.79 Å². The molecule has 2 rings (SSSR count). The van der Waals surface area contributed by atoms with Crippen molar-refractivity contribution in [2.45, 2.75) is 31.2 Å². The number of sulfonamides is 1. The van der Waals surface area contributed by atoms with Gasteiger partial charge in [0, 0.05) is 37.8 Å². The molecule has 8 heteroatoms. The van der Waals surface area contributed by atoms with Gasteiger partial charge in [0.15, 0.2) is 0 Å². The molecule has 1 amide bonds. The van der Waals surface area contributed by atoms with Crippen LogP contribution < -0.4 is 10.6 Å². The van der Waals surface area contributed by atoms with E-state index in [1.165, 1.54) is 16.4 Å². The number of nitrogens with zero attached hydrogens (tertiary/aromatic N) is 1. The van der Waals surface area contributed by atoms with Gasteiger partial charge in [-0.25, -0.2) is 8.42 Å². The number of anilines is 1. The molecule has 0 bridgehead atoms. The van der Waals surface area contributed by atoms with Crippen molar-refractivity contribution in [2.24, 2.45) is 0 Å². The highest BCUT2D eigenvalue weighted by atomic mass is 35.5. The van der Waals surface area contributed by atoms with Crippen molar-refractivity contribution in [1.82, 2.24) is 9.62 Å². The lowest BCUT2D eigenvalue weighted by Gasteiger charge is -2.31. The quantitative estimate of drug-likeness (QED) is 0.863. The van der Waals surface area contributed by atoms with Gasteiger partial charge in [0.1, 0.15) is 0 Å². The summed E-state index contributed by atoms with van der Waals surface area (Å²) in [6, 6.07) is 6.45. The number of amides is 1. The Kier molecular flexibility index (Phi) is 6.80. The maximum atomic E-state index is 12.5. The highest BCUT2D eigenvalue weighted by Gasteiger charge is 2.28. The van der Waals surface area contributed by atoms with Gasteiger partial charge in [0.2, 0.25) is 15.9 Å². The molecule has 6 nitrogen and oxygen atoms in total. The third kappa shape index (κ3) is 4.42. The minimum Gasteiger partial charge on any atom is -0.326 e. The maximum absolute atomic E-state index is 12.5. The van der Waals surface area contributed by atoms with E-state index >= 15 is 0 Å². The Hall–Kier alpha value is -1.15. The summed E-state index contributed by atoms with van der Waals surface area (Å²) in [4.78, 5) is 11.6. The largest absolute Gasteiger partial charge is 0.326 e. The molecule has 1 unspecified atom stereocenters. The molecule has 0 spiro atoms. The fourth-order valence-corrected chi connectivity index (χ4v) is 3.75. The summed E-state index contributed by atoms with van der Waals surface area (Å²) in [5.41, 5.74) is 0.606. The van der Waals surface area contributed by atoms with E-state index in [1.54, 1.807) is 19.1 Å². The lowest BCUT2D eigenvalue weighted by Crippen LogP contribution is -2.51. The Balaban J connectivity index is 0.00000242. The Morgan fingerprint density at radius 2 is 2.00 bits per heavy atom. The fourth-order valence-electron chi connectivity index (χ4n) is 2.22. The fraction of sp³-hybridized carbons (Fsp3) is 0.500. The van der Waals surface area contributed by atoms with Crippen LogP contribution in [0.5, 0.6) is 0 Å². The predicted molar refractivity (Wildman–Crippen MR) is 88.8 cm³/mol. The van der Waals surface area contributed by atoms with Gasteiger partial charge < -0.3 is 10.6 Å². The summed E-state index contributed by atoms with van der Waals surface area (Å²) in [7, 11) is -3.47. The molecule has 2 N–H and O–H groups in total. The molecule has 0 radical (unpaired) electrons.